The van der Waals surface area contributed by atoms with E-state index >= 15 is 0 Å². The molecule has 24 heavy (non-hydrogen) atoms. The van der Waals surface area contributed by atoms with E-state index in [0.29, 0.717) is 13.0 Å². The van der Waals surface area contributed by atoms with Crippen molar-refractivity contribution in [3.63, 3.8) is 0 Å². The Hall–Kier alpha value is -2.41. The standard InChI is InChI=1S/C17H22N4O3/c1-23-15-5-2-4-13(10-15)17(7-3-8-17)21-11-14(19-20-21)6-9-24-12-16(18)22/h2,4-5,10-11H,3,6-9,12H2,1H3,(H2,18,22). The van der Waals surface area contributed by atoms with Crippen LogP contribution in [0.2, 0.25) is 0 Å². The minimum Gasteiger partial charge on any atom is -0.497 e. The van der Waals surface area contributed by atoms with Gasteiger partial charge in [-0.05, 0) is 37.0 Å². The van der Waals surface area contributed by atoms with Gasteiger partial charge in [0.1, 0.15) is 12.4 Å². The molecule has 0 saturated heterocycles. The van der Waals surface area contributed by atoms with Crippen molar-refractivity contribution in [3.8, 4) is 5.75 Å². The Morgan fingerprint density at radius 2 is 2.25 bits per heavy atom. The van der Waals surface area contributed by atoms with Gasteiger partial charge in [-0.2, -0.15) is 0 Å². The average Bonchev–Trinajstić information content (AvgIpc) is 3.00. The van der Waals surface area contributed by atoms with Crippen molar-refractivity contribution in [1.82, 2.24) is 15.0 Å². The van der Waals surface area contributed by atoms with Gasteiger partial charge in [0, 0.05) is 12.6 Å². The molecule has 0 radical (unpaired) electrons. The van der Waals surface area contributed by atoms with E-state index in [1.165, 1.54) is 5.56 Å². The maximum absolute atomic E-state index is 10.7. The highest BCUT2D eigenvalue weighted by molar-refractivity contribution is 5.74. The molecule has 1 aliphatic carbocycles. The van der Waals surface area contributed by atoms with Gasteiger partial charge in [0.2, 0.25) is 5.91 Å². The van der Waals surface area contributed by atoms with E-state index in [-0.39, 0.29) is 12.1 Å². The summed E-state index contributed by atoms with van der Waals surface area (Å²) in [6.07, 6.45) is 5.78. The third-order valence-corrected chi connectivity index (χ3v) is 4.51. The molecule has 1 fully saturated rings. The molecule has 1 amide bonds. The number of hydrogen-bond acceptors (Lipinski definition) is 5. The lowest BCUT2D eigenvalue weighted by molar-refractivity contribution is -0.122. The second-order valence-electron chi connectivity index (χ2n) is 6.04. The number of carbonyl (C=O) groups is 1. The van der Waals surface area contributed by atoms with Crippen LogP contribution in [0.3, 0.4) is 0 Å². The topological polar surface area (TPSA) is 92.3 Å². The fourth-order valence-corrected chi connectivity index (χ4v) is 3.05. The molecule has 0 bridgehead atoms. The molecule has 1 saturated carbocycles. The second kappa shape index (κ2) is 7.00. The van der Waals surface area contributed by atoms with Crippen molar-refractivity contribution in [2.45, 2.75) is 31.2 Å². The number of nitrogens with two attached hydrogens (primary N) is 1. The zero-order chi connectivity index (χ0) is 17.0. The first-order valence-electron chi connectivity index (χ1n) is 8.06. The van der Waals surface area contributed by atoms with Gasteiger partial charge in [-0.3, -0.25) is 4.79 Å². The number of benzene rings is 1. The van der Waals surface area contributed by atoms with Crippen molar-refractivity contribution < 1.29 is 14.3 Å². The molecule has 3 rings (SSSR count). The summed E-state index contributed by atoms with van der Waals surface area (Å²) in [5.41, 5.74) is 6.93. The third-order valence-electron chi connectivity index (χ3n) is 4.51. The Labute approximate surface area is 140 Å². The monoisotopic (exact) mass is 330 g/mol. The summed E-state index contributed by atoms with van der Waals surface area (Å²) < 4.78 is 12.5. The molecule has 0 aliphatic heterocycles. The van der Waals surface area contributed by atoms with Gasteiger partial charge in [0.15, 0.2) is 0 Å². The molecule has 2 aromatic rings. The molecule has 1 aromatic carbocycles. The smallest absolute Gasteiger partial charge is 0.243 e. The number of amides is 1. The molecule has 128 valence electrons. The van der Waals surface area contributed by atoms with Crippen molar-refractivity contribution >= 4 is 5.91 Å². The summed E-state index contributed by atoms with van der Waals surface area (Å²) in [6.45, 7) is 0.329. The van der Waals surface area contributed by atoms with Gasteiger partial charge in [0.05, 0.1) is 24.9 Å². The van der Waals surface area contributed by atoms with Crippen molar-refractivity contribution in [1.29, 1.82) is 0 Å². The van der Waals surface area contributed by atoms with E-state index in [1.54, 1.807) is 7.11 Å². The van der Waals surface area contributed by atoms with Gasteiger partial charge in [0.25, 0.3) is 0 Å². The fraction of sp³-hybridized carbons (Fsp3) is 0.471. The summed E-state index contributed by atoms with van der Waals surface area (Å²) in [5, 5.41) is 8.57. The summed E-state index contributed by atoms with van der Waals surface area (Å²) >= 11 is 0. The second-order valence-corrected chi connectivity index (χ2v) is 6.04. The molecule has 0 spiro atoms. The summed E-state index contributed by atoms with van der Waals surface area (Å²) in [7, 11) is 1.67. The van der Waals surface area contributed by atoms with E-state index in [0.717, 1.165) is 30.7 Å². The number of aromatic nitrogens is 3. The summed E-state index contributed by atoms with van der Waals surface area (Å²) in [6, 6.07) is 8.12. The van der Waals surface area contributed by atoms with Crippen molar-refractivity contribution in [2.24, 2.45) is 5.73 Å². The van der Waals surface area contributed by atoms with Crippen LogP contribution in [0.4, 0.5) is 0 Å². The largest absolute Gasteiger partial charge is 0.497 e. The Bertz CT molecular complexity index is 709. The first-order chi connectivity index (χ1) is 11.6. The lowest BCUT2D eigenvalue weighted by atomic mass is 9.72. The molecule has 7 heteroatoms. The van der Waals surface area contributed by atoms with Crippen LogP contribution in [0.25, 0.3) is 0 Å². The van der Waals surface area contributed by atoms with Crippen LogP contribution >= 0.6 is 0 Å². The van der Waals surface area contributed by atoms with Crippen molar-refractivity contribution in [3.05, 3.63) is 41.7 Å². The Morgan fingerprint density at radius 3 is 2.92 bits per heavy atom. The van der Waals surface area contributed by atoms with Gasteiger partial charge >= 0.3 is 0 Å². The zero-order valence-electron chi connectivity index (χ0n) is 13.8. The number of methoxy groups -OCH3 is 1. The molecule has 0 atom stereocenters. The normalized spacial score (nSPS) is 15.7. The number of ether oxygens (including phenoxy) is 2. The van der Waals surface area contributed by atoms with E-state index in [4.69, 9.17) is 15.2 Å². The minimum absolute atomic E-state index is 0.0676. The van der Waals surface area contributed by atoms with Crippen LogP contribution in [0, 0.1) is 0 Å². The number of nitrogens with zero attached hydrogens (tertiary/aromatic N) is 3. The lowest BCUT2D eigenvalue weighted by Crippen LogP contribution is -2.42. The lowest BCUT2D eigenvalue weighted by Gasteiger charge is -2.42. The van der Waals surface area contributed by atoms with Crippen molar-refractivity contribution in [2.75, 3.05) is 20.3 Å². The highest BCUT2D eigenvalue weighted by Crippen LogP contribution is 2.45. The Kier molecular flexibility index (Phi) is 4.80. The van der Waals surface area contributed by atoms with Gasteiger partial charge in [-0.1, -0.05) is 17.3 Å². The van der Waals surface area contributed by atoms with E-state index < -0.39 is 5.91 Å². The Morgan fingerprint density at radius 1 is 1.42 bits per heavy atom. The van der Waals surface area contributed by atoms with Crippen LogP contribution in [0.5, 0.6) is 5.75 Å². The van der Waals surface area contributed by atoms with Crippen LogP contribution in [-0.4, -0.2) is 41.2 Å². The molecule has 0 unspecified atom stereocenters. The first-order valence-corrected chi connectivity index (χ1v) is 8.06. The molecule has 7 nitrogen and oxygen atoms in total. The average molecular weight is 330 g/mol. The quantitative estimate of drug-likeness (QED) is 0.736. The highest BCUT2D eigenvalue weighted by Gasteiger charge is 2.41. The summed E-state index contributed by atoms with van der Waals surface area (Å²) in [5.74, 6) is 0.379. The minimum atomic E-state index is -0.467. The first kappa shape index (κ1) is 16.4. The highest BCUT2D eigenvalue weighted by atomic mass is 16.5. The zero-order valence-corrected chi connectivity index (χ0v) is 13.8. The Balaban J connectivity index is 1.73. The number of hydrogen-bond donors (Lipinski definition) is 1. The maximum atomic E-state index is 10.7. The molecule has 1 heterocycles. The van der Waals surface area contributed by atoms with E-state index in [2.05, 4.69) is 22.4 Å². The number of rotatable bonds is 8. The predicted molar refractivity (Wildman–Crippen MR) is 87.7 cm³/mol. The maximum Gasteiger partial charge on any atom is 0.243 e. The molecular formula is C17H22N4O3. The van der Waals surface area contributed by atoms with Gasteiger partial charge in [-0.25, -0.2) is 4.68 Å². The van der Waals surface area contributed by atoms with Crippen LogP contribution in [0.1, 0.15) is 30.5 Å². The molecular weight excluding hydrogens is 308 g/mol. The fourth-order valence-electron chi connectivity index (χ4n) is 3.05. The number of primary amides is 1. The molecule has 1 aliphatic rings. The number of carbonyl (C=O) groups excluding carboxylic acids is 1. The molecule has 2 N–H and O–H groups in total. The van der Waals surface area contributed by atoms with E-state index in [9.17, 15) is 4.79 Å². The summed E-state index contributed by atoms with van der Waals surface area (Å²) in [4.78, 5) is 10.7. The van der Waals surface area contributed by atoms with Crippen LogP contribution in [-0.2, 0) is 21.5 Å². The van der Waals surface area contributed by atoms with Gasteiger partial charge < -0.3 is 15.2 Å². The molecule has 1 aromatic heterocycles. The predicted octanol–water partition coefficient (Wildman–Crippen LogP) is 1.26. The third kappa shape index (κ3) is 3.26. The van der Waals surface area contributed by atoms with Gasteiger partial charge in [-0.15, -0.1) is 5.10 Å². The SMILES string of the molecule is COc1cccc(C2(n3cc(CCOCC(N)=O)nn3)CCC2)c1. The van der Waals surface area contributed by atoms with E-state index in [1.807, 2.05) is 23.0 Å². The van der Waals surface area contributed by atoms with Crippen LogP contribution < -0.4 is 10.5 Å². The van der Waals surface area contributed by atoms with Crippen LogP contribution in [0.15, 0.2) is 30.5 Å².